The fraction of sp³-hybridized carbons (Fsp3) is 0.389. The molecular formula is C18H18O3S. The second kappa shape index (κ2) is 5.60. The summed E-state index contributed by atoms with van der Waals surface area (Å²) in [4.78, 5) is 14.0. The van der Waals surface area contributed by atoms with E-state index in [1.165, 1.54) is 4.90 Å². The number of hydrogen-bond acceptors (Lipinski definition) is 4. The quantitative estimate of drug-likeness (QED) is 0.617. The molecule has 0 radical (unpaired) electrons. The Hall–Kier alpha value is -1.52. The van der Waals surface area contributed by atoms with E-state index in [9.17, 15) is 4.79 Å². The number of carbonyl (C=O) groups excluding carboxylic acids is 1. The van der Waals surface area contributed by atoms with Crippen LogP contribution >= 0.6 is 11.8 Å². The molecule has 1 fully saturated rings. The lowest BCUT2D eigenvalue weighted by molar-refractivity contribution is -0.119. The first-order valence-electron chi connectivity index (χ1n) is 7.71. The minimum Gasteiger partial charge on any atom is -0.497 e. The molecule has 4 heteroatoms. The summed E-state index contributed by atoms with van der Waals surface area (Å²) in [7, 11) is 0. The fourth-order valence-electron chi connectivity index (χ4n) is 3.61. The monoisotopic (exact) mass is 314 g/mol. The Bertz CT molecular complexity index is 650. The van der Waals surface area contributed by atoms with Gasteiger partial charge in [0.15, 0.2) is 5.78 Å². The lowest BCUT2D eigenvalue weighted by Gasteiger charge is -2.19. The van der Waals surface area contributed by atoms with Crippen molar-refractivity contribution in [2.45, 2.75) is 24.0 Å². The molecule has 3 aliphatic rings. The van der Waals surface area contributed by atoms with Crippen LogP contribution in [0.15, 0.2) is 58.7 Å². The van der Waals surface area contributed by atoms with Crippen molar-refractivity contribution < 1.29 is 14.3 Å². The number of Topliss-reactive ketones (excluding diaryl/α,β-unsaturated/α-hetero) is 1. The van der Waals surface area contributed by atoms with Crippen molar-refractivity contribution >= 4 is 17.5 Å². The van der Waals surface area contributed by atoms with Gasteiger partial charge in [0.2, 0.25) is 0 Å². The van der Waals surface area contributed by atoms with Gasteiger partial charge in [0.1, 0.15) is 5.76 Å². The molecule has 2 heterocycles. The van der Waals surface area contributed by atoms with Crippen molar-refractivity contribution in [3.05, 3.63) is 53.8 Å². The molecule has 2 aliphatic heterocycles. The molecule has 4 rings (SSSR count). The summed E-state index contributed by atoms with van der Waals surface area (Å²) in [6.45, 7) is 2.56. The number of ether oxygens (including phenoxy) is 2. The van der Waals surface area contributed by atoms with Crippen molar-refractivity contribution in [1.29, 1.82) is 0 Å². The third-order valence-electron chi connectivity index (χ3n) is 4.53. The molecule has 1 aliphatic carbocycles. The van der Waals surface area contributed by atoms with Gasteiger partial charge in [0, 0.05) is 16.2 Å². The van der Waals surface area contributed by atoms with Gasteiger partial charge in [0.25, 0.3) is 0 Å². The zero-order valence-corrected chi connectivity index (χ0v) is 13.2. The minimum absolute atomic E-state index is 0.0136. The largest absolute Gasteiger partial charge is 0.497 e. The summed E-state index contributed by atoms with van der Waals surface area (Å²) in [6, 6.07) is 10.2. The summed E-state index contributed by atoms with van der Waals surface area (Å²) in [5.41, 5.74) is 0.854. The number of carbonyl (C=O) groups is 1. The lowest BCUT2D eigenvalue weighted by Crippen LogP contribution is -2.26. The molecule has 3 nitrogen and oxygen atoms in total. The number of rotatable bonds is 5. The second-order valence-corrected chi connectivity index (χ2v) is 6.79. The van der Waals surface area contributed by atoms with Crippen LogP contribution in [0.5, 0.6) is 0 Å². The zero-order chi connectivity index (χ0) is 15.1. The van der Waals surface area contributed by atoms with Crippen molar-refractivity contribution in [1.82, 2.24) is 0 Å². The third kappa shape index (κ3) is 2.13. The molecule has 0 spiro atoms. The van der Waals surface area contributed by atoms with Gasteiger partial charge in [-0.15, -0.1) is 11.8 Å². The molecule has 1 saturated heterocycles. The number of fused-ring (bicyclic) bond motifs is 5. The Morgan fingerprint density at radius 2 is 1.86 bits per heavy atom. The van der Waals surface area contributed by atoms with Crippen LogP contribution in [0, 0.1) is 11.8 Å². The van der Waals surface area contributed by atoms with Crippen LogP contribution in [-0.2, 0) is 14.3 Å². The van der Waals surface area contributed by atoms with E-state index in [0.717, 1.165) is 11.3 Å². The standard InChI is InChI=1S/C18H18O3S/c1-2-20-18-12(10-22-11-6-4-3-5-7-11)17(19)15-13-8-9-14(21-13)16(15)18/h3-9,13-16H,2,10H2,1H3/t13-,14+,15-,16+/m0/s1. The molecule has 0 amide bonds. The van der Waals surface area contributed by atoms with E-state index >= 15 is 0 Å². The van der Waals surface area contributed by atoms with Gasteiger partial charge in [-0.1, -0.05) is 30.4 Å². The lowest BCUT2D eigenvalue weighted by atomic mass is 9.84. The maximum Gasteiger partial charge on any atom is 0.169 e. The van der Waals surface area contributed by atoms with E-state index in [1.807, 2.05) is 31.2 Å². The molecule has 114 valence electrons. The molecule has 0 unspecified atom stereocenters. The van der Waals surface area contributed by atoms with Crippen molar-refractivity contribution in [2.24, 2.45) is 11.8 Å². The van der Waals surface area contributed by atoms with Gasteiger partial charge < -0.3 is 9.47 Å². The molecule has 0 aromatic heterocycles. The third-order valence-corrected chi connectivity index (χ3v) is 5.56. The van der Waals surface area contributed by atoms with Gasteiger partial charge in [-0.3, -0.25) is 4.79 Å². The molecule has 2 bridgehead atoms. The highest BCUT2D eigenvalue weighted by Crippen LogP contribution is 2.50. The van der Waals surface area contributed by atoms with Gasteiger partial charge in [-0.05, 0) is 19.1 Å². The second-order valence-electron chi connectivity index (χ2n) is 5.74. The summed E-state index contributed by atoms with van der Waals surface area (Å²) >= 11 is 1.69. The van der Waals surface area contributed by atoms with Crippen LogP contribution in [0.25, 0.3) is 0 Å². The van der Waals surface area contributed by atoms with E-state index < -0.39 is 0 Å². The van der Waals surface area contributed by atoms with Crippen molar-refractivity contribution in [2.75, 3.05) is 12.4 Å². The molecule has 1 aromatic rings. The number of thioether (sulfide) groups is 1. The van der Waals surface area contributed by atoms with Gasteiger partial charge in [-0.2, -0.15) is 0 Å². The minimum atomic E-state index is -0.0667. The maximum absolute atomic E-state index is 12.8. The molecule has 0 saturated carbocycles. The predicted molar refractivity (Wildman–Crippen MR) is 85.6 cm³/mol. The van der Waals surface area contributed by atoms with E-state index in [1.54, 1.807) is 11.8 Å². The highest BCUT2D eigenvalue weighted by atomic mass is 32.2. The van der Waals surface area contributed by atoms with Crippen LogP contribution in [0.4, 0.5) is 0 Å². The Labute approximate surface area is 134 Å². The van der Waals surface area contributed by atoms with Crippen LogP contribution in [-0.4, -0.2) is 30.4 Å². The zero-order valence-electron chi connectivity index (χ0n) is 12.4. The highest BCUT2D eigenvalue weighted by molar-refractivity contribution is 7.99. The van der Waals surface area contributed by atoms with Crippen molar-refractivity contribution in [3.63, 3.8) is 0 Å². The first kappa shape index (κ1) is 14.1. The highest BCUT2D eigenvalue weighted by Gasteiger charge is 2.57. The van der Waals surface area contributed by atoms with E-state index in [4.69, 9.17) is 9.47 Å². The summed E-state index contributed by atoms with van der Waals surface area (Å²) in [5, 5.41) is 0. The first-order chi connectivity index (χ1) is 10.8. The van der Waals surface area contributed by atoms with Gasteiger partial charge >= 0.3 is 0 Å². The molecule has 1 aromatic carbocycles. The number of benzene rings is 1. The predicted octanol–water partition coefficient (Wildman–Crippen LogP) is 3.22. The van der Waals surface area contributed by atoms with Gasteiger partial charge in [0.05, 0.1) is 30.7 Å². The summed E-state index contributed by atoms with van der Waals surface area (Å²) < 4.78 is 11.7. The number of hydrogen-bond donors (Lipinski definition) is 0. The SMILES string of the molecule is CCOC1=C(CSc2ccccc2)C(=O)[C@@H]2[C@H]1[C@H]1C=C[C@@H]2O1. The van der Waals surface area contributed by atoms with Crippen LogP contribution < -0.4 is 0 Å². The number of ketones is 1. The topological polar surface area (TPSA) is 35.5 Å². The molecule has 0 N–H and O–H groups in total. The Morgan fingerprint density at radius 1 is 1.14 bits per heavy atom. The van der Waals surface area contributed by atoms with Crippen LogP contribution in [0.3, 0.4) is 0 Å². The van der Waals surface area contributed by atoms with Crippen LogP contribution in [0.1, 0.15) is 6.92 Å². The Balaban J connectivity index is 1.60. The van der Waals surface area contributed by atoms with Crippen LogP contribution in [0.2, 0.25) is 0 Å². The first-order valence-corrected chi connectivity index (χ1v) is 8.70. The normalized spacial score (nSPS) is 32.0. The smallest absolute Gasteiger partial charge is 0.169 e. The van der Waals surface area contributed by atoms with E-state index in [0.29, 0.717) is 12.4 Å². The summed E-state index contributed by atoms with van der Waals surface area (Å²) in [6.07, 6.45) is 4.06. The fourth-order valence-corrected chi connectivity index (χ4v) is 4.56. The van der Waals surface area contributed by atoms with Gasteiger partial charge in [-0.25, -0.2) is 0 Å². The molecule has 22 heavy (non-hydrogen) atoms. The summed E-state index contributed by atoms with van der Waals surface area (Å²) in [5.74, 6) is 1.79. The molecular weight excluding hydrogens is 296 g/mol. The average molecular weight is 314 g/mol. The van der Waals surface area contributed by atoms with E-state index in [-0.39, 0.29) is 29.8 Å². The Morgan fingerprint density at radius 3 is 2.59 bits per heavy atom. The maximum atomic E-state index is 12.8. The van der Waals surface area contributed by atoms with E-state index in [2.05, 4.69) is 18.2 Å². The van der Waals surface area contributed by atoms with Crippen molar-refractivity contribution in [3.8, 4) is 0 Å². The molecule has 4 atom stereocenters. The Kier molecular flexibility index (Phi) is 3.59. The average Bonchev–Trinajstić information content (AvgIpc) is 3.21.